The van der Waals surface area contributed by atoms with Gasteiger partial charge in [-0.3, -0.25) is 19.7 Å². The molecule has 2 aromatic carbocycles. The molecule has 0 atom stereocenters. The molecule has 154 valence electrons. The Hall–Kier alpha value is -3.13. The fraction of sp³-hybridized carbons (Fsp3) is 0.300. The van der Waals surface area contributed by atoms with Gasteiger partial charge in [0.25, 0.3) is 11.6 Å². The Balaban J connectivity index is 1.69. The number of rotatable bonds is 9. The van der Waals surface area contributed by atoms with Crippen molar-refractivity contribution in [2.24, 2.45) is 0 Å². The highest BCUT2D eigenvalue weighted by Crippen LogP contribution is 2.22. The number of ether oxygens (including phenoxy) is 2. The molecule has 1 amide bonds. The van der Waals surface area contributed by atoms with Crippen molar-refractivity contribution in [3.63, 3.8) is 0 Å². The lowest BCUT2D eigenvalue weighted by Gasteiger charge is -2.10. The molecule has 1 N–H and O–H groups in total. The summed E-state index contributed by atoms with van der Waals surface area (Å²) in [4.78, 5) is 33.9. The first-order valence-corrected chi connectivity index (χ1v) is 9.23. The number of anilines is 1. The summed E-state index contributed by atoms with van der Waals surface area (Å²) in [5, 5.41) is 13.9. The highest BCUT2D eigenvalue weighted by Gasteiger charge is 2.12. The van der Waals surface area contributed by atoms with Gasteiger partial charge in [0, 0.05) is 29.3 Å². The van der Waals surface area contributed by atoms with Gasteiger partial charge in [0.2, 0.25) is 0 Å². The van der Waals surface area contributed by atoms with Crippen LogP contribution in [0.2, 0.25) is 5.02 Å². The van der Waals surface area contributed by atoms with Crippen LogP contribution in [0.1, 0.15) is 24.0 Å². The SMILES string of the molecule is Cc1cc([N+](=O)[O-])ccc1NC(=O)COC(=O)CCCOc1ccc(Cl)cc1C. The van der Waals surface area contributed by atoms with Crippen molar-refractivity contribution in [1.29, 1.82) is 0 Å². The molecule has 0 fully saturated rings. The lowest BCUT2D eigenvalue weighted by molar-refractivity contribution is -0.384. The number of nitro groups is 1. The average Bonchev–Trinajstić information content (AvgIpc) is 2.66. The van der Waals surface area contributed by atoms with Crippen LogP contribution in [-0.4, -0.2) is 30.0 Å². The number of carbonyl (C=O) groups excluding carboxylic acids is 2. The predicted octanol–water partition coefficient (Wildman–Crippen LogP) is 4.21. The Morgan fingerprint density at radius 1 is 1.14 bits per heavy atom. The number of aryl methyl sites for hydroxylation is 2. The smallest absolute Gasteiger partial charge is 0.306 e. The maximum Gasteiger partial charge on any atom is 0.306 e. The summed E-state index contributed by atoms with van der Waals surface area (Å²) in [6, 6.07) is 9.35. The van der Waals surface area contributed by atoms with E-state index in [0.717, 1.165) is 5.56 Å². The number of halogens is 1. The summed E-state index contributed by atoms with van der Waals surface area (Å²) in [5.41, 5.74) is 1.79. The molecule has 0 aliphatic rings. The van der Waals surface area contributed by atoms with E-state index in [1.807, 2.05) is 6.92 Å². The molecule has 0 bridgehead atoms. The third kappa shape index (κ3) is 7.08. The molecule has 0 aromatic heterocycles. The molecule has 0 heterocycles. The minimum absolute atomic E-state index is 0.0667. The minimum atomic E-state index is -0.525. The van der Waals surface area contributed by atoms with E-state index in [-0.39, 0.29) is 12.1 Å². The Morgan fingerprint density at radius 2 is 1.90 bits per heavy atom. The Morgan fingerprint density at radius 3 is 2.55 bits per heavy atom. The fourth-order valence-corrected chi connectivity index (χ4v) is 2.71. The van der Waals surface area contributed by atoms with Crippen molar-refractivity contribution in [2.45, 2.75) is 26.7 Å². The van der Waals surface area contributed by atoms with Crippen LogP contribution in [0, 0.1) is 24.0 Å². The van der Waals surface area contributed by atoms with Gasteiger partial charge in [-0.05, 0) is 55.7 Å². The molecule has 0 aliphatic heterocycles. The topological polar surface area (TPSA) is 108 Å². The number of non-ortho nitro benzene ring substituents is 1. The van der Waals surface area contributed by atoms with Crippen LogP contribution >= 0.6 is 11.6 Å². The van der Waals surface area contributed by atoms with Crippen molar-refractivity contribution in [2.75, 3.05) is 18.5 Å². The van der Waals surface area contributed by atoms with Gasteiger partial charge in [-0.1, -0.05) is 11.6 Å². The van der Waals surface area contributed by atoms with Crippen LogP contribution in [0.3, 0.4) is 0 Å². The largest absolute Gasteiger partial charge is 0.493 e. The highest BCUT2D eigenvalue weighted by atomic mass is 35.5. The molecule has 0 radical (unpaired) electrons. The van der Waals surface area contributed by atoms with Crippen molar-refractivity contribution in [3.8, 4) is 5.75 Å². The number of esters is 1. The molecule has 0 aliphatic carbocycles. The van der Waals surface area contributed by atoms with Crippen LogP contribution in [-0.2, 0) is 14.3 Å². The van der Waals surface area contributed by atoms with Gasteiger partial charge in [-0.25, -0.2) is 0 Å². The Kier molecular flexibility index (Phi) is 7.97. The van der Waals surface area contributed by atoms with Crippen molar-refractivity contribution in [3.05, 3.63) is 62.7 Å². The fourth-order valence-electron chi connectivity index (χ4n) is 2.48. The van der Waals surface area contributed by atoms with Gasteiger partial charge in [0.05, 0.1) is 11.5 Å². The molecule has 0 saturated carbocycles. The second-order valence-corrected chi connectivity index (χ2v) is 6.76. The lowest BCUT2D eigenvalue weighted by atomic mass is 10.2. The van der Waals surface area contributed by atoms with Gasteiger partial charge in [-0.15, -0.1) is 0 Å². The summed E-state index contributed by atoms with van der Waals surface area (Å²) >= 11 is 5.88. The summed E-state index contributed by atoms with van der Waals surface area (Å²) in [6.07, 6.45) is 0.542. The number of amides is 1. The molecule has 8 nitrogen and oxygen atoms in total. The third-order valence-corrected chi connectivity index (χ3v) is 4.21. The van der Waals surface area contributed by atoms with Gasteiger partial charge in [-0.2, -0.15) is 0 Å². The first-order chi connectivity index (χ1) is 13.8. The van der Waals surface area contributed by atoms with Gasteiger partial charge >= 0.3 is 5.97 Å². The molecule has 2 aromatic rings. The van der Waals surface area contributed by atoms with Crippen LogP contribution in [0.25, 0.3) is 0 Å². The zero-order valence-corrected chi connectivity index (χ0v) is 16.8. The second-order valence-electron chi connectivity index (χ2n) is 6.33. The molecule has 29 heavy (non-hydrogen) atoms. The molecule has 2 rings (SSSR count). The van der Waals surface area contributed by atoms with Crippen LogP contribution in [0.15, 0.2) is 36.4 Å². The second kappa shape index (κ2) is 10.4. The van der Waals surface area contributed by atoms with E-state index in [1.165, 1.54) is 18.2 Å². The summed E-state index contributed by atoms with van der Waals surface area (Å²) < 4.78 is 10.5. The van der Waals surface area contributed by atoms with Crippen LogP contribution in [0.4, 0.5) is 11.4 Å². The third-order valence-electron chi connectivity index (χ3n) is 3.98. The first kappa shape index (κ1) is 22.2. The zero-order chi connectivity index (χ0) is 21.4. The predicted molar refractivity (Wildman–Crippen MR) is 108 cm³/mol. The summed E-state index contributed by atoms with van der Waals surface area (Å²) in [7, 11) is 0. The summed E-state index contributed by atoms with van der Waals surface area (Å²) in [5.74, 6) is -0.346. The standard InChI is InChI=1S/C20H21ClN2O6/c1-13-11-16(23(26)27)6-7-17(13)22-19(24)12-29-20(25)4-3-9-28-18-8-5-15(21)10-14(18)2/h5-8,10-11H,3-4,9,12H2,1-2H3,(H,22,24). The number of hydrogen-bond acceptors (Lipinski definition) is 6. The lowest BCUT2D eigenvalue weighted by Crippen LogP contribution is -2.21. The van der Waals surface area contributed by atoms with E-state index in [9.17, 15) is 19.7 Å². The molecule has 9 heteroatoms. The van der Waals surface area contributed by atoms with E-state index < -0.39 is 23.4 Å². The molecule has 0 unspecified atom stereocenters. The van der Waals surface area contributed by atoms with E-state index in [0.29, 0.717) is 35.1 Å². The molecular weight excluding hydrogens is 400 g/mol. The van der Waals surface area contributed by atoms with Crippen LogP contribution < -0.4 is 10.1 Å². The van der Waals surface area contributed by atoms with Crippen molar-refractivity contribution >= 4 is 34.9 Å². The molecule has 0 spiro atoms. The number of nitrogens with one attached hydrogen (secondary N) is 1. The van der Waals surface area contributed by atoms with Gasteiger partial charge in [0.1, 0.15) is 5.75 Å². The normalized spacial score (nSPS) is 10.3. The van der Waals surface area contributed by atoms with E-state index >= 15 is 0 Å². The highest BCUT2D eigenvalue weighted by molar-refractivity contribution is 6.30. The van der Waals surface area contributed by atoms with Gasteiger partial charge < -0.3 is 14.8 Å². The minimum Gasteiger partial charge on any atom is -0.493 e. The quantitative estimate of drug-likeness (QED) is 0.282. The monoisotopic (exact) mass is 420 g/mol. The van der Waals surface area contributed by atoms with Gasteiger partial charge in [0.15, 0.2) is 6.61 Å². The average molecular weight is 421 g/mol. The number of nitro benzene ring substituents is 1. The van der Waals surface area contributed by atoms with E-state index in [1.54, 1.807) is 25.1 Å². The number of nitrogens with zero attached hydrogens (tertiary/aromatic N) is 1. The molecular formula is C20H21ClN2O6. The zero-order valence-electron chi connectivity index (χ0n) is 16.1. The number of hydrogen-bond donors (Lipinski definition) is 1. The Bertz CT molecular complexity index is 916. The first-order valence-electron chi connectivity index (χ1n) is 8.85. The number of carbonyl (C=O) groups is 2. The maximum absolute atomic E-state index is 11.9. The maximum atomic E-state index is 11.9. The number of benzene rings is 2. The van der Waals surface area contributed by atoms with E-state index in [2.05, 4.69) is 5.32 Å². The van der Waals surface area contributed by atoms with Crippen molar-refractivity contribution in [1.82, 2.24) is 0 Å². The summed E-state index contributed by atoms with van der Waals surface area (Å²) in [6.45, 7) is 3.40. The van der Waals surface area contributed by atoms with Crippen molar-refractivity contribution < 1.29 is 24.0 Å². The van der Waals surface area contributed by atoms with E-state index in [4.69, 9.17) is 21.1 Å². The van der Waals surface area contributed by atoms with Crippen LogP contribution in [0.5, 0.6) is 5.75 Å². The Labute approximate surface area is 172 Å². The molecule has 0 saturated heterocycles.